The number of benzene rings is 3. The van der Waals surface area contributed by atoms with Gasteiger partial charge in [0, 0.05) is 23.6 Å². The summed E-state index contributed by atoms with van der Waals surface area (Å²) in [7, 11) is 0. The van der Waals surface area contributed by atoms with Gasteiger partial charge >= 0.3 is 12.1 Å². The zero-order valence-electron chi connectivity index (χ0n) is 22.6. The molecule has 42 heavy (non-hydrogen) atoms. The van der Waals surface area contributed by atoms with Crippen LogP contribution in [0.25, 0.3) is 5.57 Å². The Morgan fingerprint density at radius 3 is 2.40 bits per heavy atom. The second-order valence-corrected chi connectivity index (χ2v) is 11.1. The van der Waals surface area contributed by atoms with Crippen LogP contribution in [-0.2, 0) is 17.5 Å². The first-order chi connectivity index (χ1) is 20.1. The van der Waals surface area contributed by atoms with Crippen LogP contribution in [0.3, 0.4) is 0 Å². The maximum absolute atomic E-state index is 12.6. The Morgan fingerprint density at radius 1 is 1.05 bits per heavy atom. The number of halogens is 5. The predicted octanol–water partition coefficient (Wildman–Crippen LogP) is 7.35. The molecule has 0 radical (unpaired) electrons. The Labute approximate surface area is 256 Å². The first-order valence-corrected chi connectivity index (χ1v) is 14.6. The summed E-state index contributed by atoms with van der Waals surface area (Å²) in [5, 5.41) is 15.7. The van der Waals surface area contributed by atoms with Crippen LogP contribution < -0.4 is 20.1 Å². The van der Waals surface area contributed by atoms with Gasteiger partial charge in [-0.1, -0.05) is 57.9 Å². The smallest absolute Gasteiger partial charge is 0.416 e. The van der Waals surface area contributed by atoms with Crippen LogP contribution >= 0.6 is 27.5 Å². The van der Waals surface area contributed by atoms with E-state index < -0.39 is 17.7 Å². The zero-order valence-corrected chi connectivity index (χ0v) is 25.0. The summed E-state index contributed by atoms with van der Waals surface area (Å²) < 4.78 is 50.1. The van der Waals surface area contributed by atoms with E-state index in [4.69, 9.17) is 21.1 Å². The molecular weight excluding hydrogens is 637 g/mol. The van der Waals surface area contributed by atoms with E-state index in [1.807, 2.05) is 6.07 Å². The normalized spacial score (nSPS) is 15.1. The first kappa shape index (κ1) is 31.9. The number of hydrogen-bond acceptors (Lipinski definition) is 5. The molecule has 0 amide bonds. The van der Waals surface area contributed by atoms with Crippen molar-refractivity contribution in [3.8, 4) is 11.5 Å². The SMILES string of the molecule is Brc1ccccc1CNC1CC1.O=C(O)C1=C(c2ccc(OCCOc3ccc(C(F)(F)F)cc3Cl)cc2)CCNC1. The summed E-state index contributed by atoms with van der Waals surface area (Å²) in [5.74, 6) is -0.230. The summed E-state index contributed by atoms with van der Waals surface area (Å²) in [6.07, 6.45) is -1.13. The highest BCUT2D eigenvalue weighted by atomic mass is 79.9. The molecule has 3 aromatic carbocycles. The van der Waals surface area contributed by atoms with E-state index in [1.165, 1.54) is 28.9 Å². The third kappa shape index (κ3) is 9.49. The Bertz CT molecular complexity index is 1400. The van der Waals surface area contributed by atoms with Crippen molar-refractivity contribution in [2.75, 3.05) is 26.3 Å². The third-order valence-electron chi connectivity index (χ3n) is 6.66. The fraction of sp³-hybridized carbons (Fsp3) is 0.323. The molecule has 3 N–H and O–H groups in total. The molecule has 0 atom stereocenters. The van der Waals surface area contributed by atoms with Gasteiger partial charge in [-0.2, -0.15) is 13.2 Å². The van der Waals surface area contributed by atoms with Gasteiger partial charge in [-0.05, 0) is 78.9 Å². The lowest BCUT2D eigenvalue weighted by atomic mass is 9.94. The van der Waals surface area contributed by atoms with Gasteiger partial charge in [0.2, 0.25) is 0 Å². The van der Waals surface area contributed by atoms with E-state index >= 15 is 0 Å². The van der Waals surface area contributed by atoms with Crippen molar-refractivity contribution in [3.63, 3.8) is 0 Å². The number of carboxylic acid groups (broad SMARTS) is 1. The van der Waals surface area contributed by atoms with E-state index in [2.05, 4.69) is 44.8 Å². The van der Waals surface area contributed by atoms with Gasteiger partial charge in [0.25, 0.3) is 0 Å². The number of carbonyl (C=O) groups is 1. The number of aliphatic carboxylic acids is 1. The predicted molar refractivity (Wildman–Crippen MR) is 160 cm³/mol. The molecule has 1 saturated carbocycles. The van der Waals surface area contributed by atoms with Gasteiger partial charge in [-0.3, -0.25) is 0 Å². The maximum Gasteiger partial charge on any atom is 0.416 e. The van der Waals surface area contributed by atoms with Crippen molar-refractivity contribution in [2.24, 2.45) is 0 Å². The molecule has 0 aromatic heterocycles. The largest absolute Gasteiger partial charge is 0.490 e. The van der Waals surface area contributed by atoms with E-state index in [0.29, 0.717) is 30.8 Å². The summed E-state index contributed by atoms with van der Waals surface area (Å²) in [6, 6.07) is 19.1. The standard InChI is InChI=1S/C21H19ClF3NO4.C10H12BrN/c22-18-11-14(21(23,24)25)3-6-19(18)30-10-9-29-15-4-1-13(2-5-15)16-7-8-26-12-17(16)20(27)28;11-10-4-2-1-3-8(10)7-12-9-5-6-9/h1-6,11,26H,7-10,12H2,(H,27,28);1-4,9,12H,5-7H2. The number of nitrogens with one attached hydrogen (secondary N) is 2. The Kier molecular flexibility index (Phi) is 11.3. The van der Waals surface area contributed by atoms with E-state index in [-0.39, 0.29) is 24.0 Å². The van der Waals surface area contributed by atoms with Crippen LogP contribution in [0.4, 0.5) is 13.2 Å². The van der Waals surface area contributed by atoms with Crippen LogP contribution in [0.15, 0.2) is 76.8 Å². The molecule has 224 valence electrons. The Morgan fingerprint density at radius 2 is 1.76 bits per heavy atom. The highest BCUT2D eigenvalue weighted by molar-refractivity contribution is 9.10. The third-order valence-corrected chi connectivity index (χ3v) is 7.73. The monoisotopic (exact) mass is 666 g/mol. The lowest BCUT2D eigenvalue weighted by Gasteiger charge is -2.19. The summed E-state index contributed by atoms with van der Waals surface area (Å²) in [4.78, 5) is 11.4. The number of hydrogen-bond donors (Lipinski definition) is 3. The summed E-state index contributed by atoms with van der Waals surface area (Å²) in [5.41, 5.74) is 2.49. The molecule has 1 heterocycles. The minimum Gasteiger partial charge on any atom is -0.490 e. The molecule has 1 aliphatic heterocycles. The van der Waals surface area contributed by atoms with Crippen LogP contribution in [0.2, 0.25) is 5.02 Å². The Balaban J connectivity index is 0.000000279. The van der Waals surface area contributed by atoms with E-state index in [0.717, 1.165) is 35.9 Å². The molecule has 0 spiro atoms. The Hall–Kier alpha value is -3.05. The number of rotatable bonds is 10. The highest BCUT2D eigenvalue weighted by Crippen LogP contribution is 2.34. The molecule has 0 bridgehead atoms. The van der Waals surface area contributed by atoms with Crippen LogP contribution in [0.5, 0.6) is 11.5 Å². The van der Waals surface area contributed by atoms with Gasteiger partial charge in [-0.25, -0.2) is 4.79 Å². The summed E-state index contributed by atoms with van der Waals surface area (Å²) >= 11 is 9.37. The number of alkyl halides is 3. The topological polar surface area (TPSA) is 79.8 Å². The second-order valence-electron chi connectivity index (χ2n) is 9.80. The lowest BCUT2D eigenvalue weighted by molar-refractivity contribution is -0.137. The molecule has 1 aliphatic carbocycles. The van der Waals surface area contributed by atoms with Crippen molar-refractivity contribution < 1.29 is 32.5 Å². The molecule has 0 unspecified atom stereocenters. The van der Waals surface area contributed by atoms with Crippen molar-refractivity contribution in [1.82, 2.24) is 10.6 Å². The molecule has 1 fully saturated rings. The molecular formula is C31H31BrClF3N2O4. The number of carboxylic acids is 1. The molecule has 0 saturated heterocycles. The van der Waals surface area contributed by atoms with E-state index in [9.17, 15) is 23.1 Å². The second kappa shape index (κ2) is 14.9. The lowest BCUT2D eigenvalue weighted by Crippen LogP contribution is -2.28. The highest BCUT2D eigenvalue weighted by Gasteiger charge is 2.31. The van der Waals surface area contributed by atoms with Gasteiger partial charge in [0.1, 0.15) is 24.7 Å². The van der Waals surface area contributed by atoms with Crippen LogP contribution in [0.1, 0.15) is 36.0 Å². The maximum atomic E-state index is 12.6. The average molecular weight is 668 g/mol. The van der Waals surface area contributed by atoms with Gasteiger partial charge in [-0.15, -0.1) is 0 Å². The molecule has 2 aliphatic rings. The van der Waals surface area contributed by atoms with Crippen molar-refractivity contribution in [2.45, 2.75) is 38.0 Å². The minimum atomic E-state index is -4.47. The number of ether oxygens (including phenoxy) is 2. The fourth-order valence-electron chi connectivity index (χ4n) is 4.25. The first-order valence-electron chi connectivity index (χ1n) is 13.5. The molecule has 11 heteroatoms. The van der Waals surface area contributed by atoms with Crippen LogP contribution in [-0.4, -0.2) is 43.4 Å². The minimum absolute atomic E-state index is 0.0901. The van der Waals surface area contributed by atoms with Gasteiger partial charge < -0.3 is 25.2 Å². The van der Waals surface area contributed by atoms with Crippen molar-refractivity contribution in [1.29, 1.82) is 0 Å². The van der Waals surface area contributed by atoms with Crippen molar-refractivity contribution in [3.05, 3.63) is 98.5 Å². The fourth-order valence-corrected chi connectivity index (χ4v) is 4.91. The van der Waals surface area contributed by atoms with Gasteiger partial charge in [0.15, 0.2) is 0 Å². The molecule has 6 nitrogen and oxygen atoms in total. The van der Waals surface area contributed by atoms with E-state index in [1.54, 1.807) is 24.3 Å². The van der Waals surface area contributed by atoms with Gasteiger partial charge in [0.05, 0.1) is 16.2 Å². The van der Waals surface area contributed by atoms with Crippen LogP contribution in [0, 0.1) is 0 Å². The zero-order chi connectivity index (χ0) is 30.1. The molecule has 5 rings (SSSR count). The summed E-state index contributed by atoms with van der Waals surface area (Å²) in [6.45, 7) is 2.28. The quantitative estimate of drug-likeness (QED) is 0.196. The average Bonchev–Trinajstić information content (AvgIpc) is 3.80. The molecule has 3 aromatic rings. The van der Waals surface area contributed by atoms with Crippen molar-refractivity contribution >= 4 is 39.1 Å².